The Hall–Kier alpha value is 0.830. The summed E-state index contributed by atoms with van der Waals surface area (Å²) in [6, 6.07) is 0. The minimum absolute atomic E-state index is 0. The van der Waals surface area contributed by atoms with E-state index in [1.807, 2.05) is 0 Å². The number of ether oxygens (including phenoxy) is 2. The van der Waals surface area contributed by atoms with Gasteiger partial charge >= 0.3 is 75.4 Å². The van der Waals surface area contributed by atoms with Crippen LogP contribution >= 0.6 is 23.5 Å². The summed E-state index contributed by atoms with van der Waals surface area (Å²) in [5, 5.41) is 10.4. The molecule has 2 aromatic heterocycles. The maximum absolute atomic E-state index is 11.9. The van der Waals surface area contributed by atoms with E-state index in [-0.39, 0.29) is 92.6 Å². The van der Waals surface area contributed by atoms with Gasteiger partial charge in [0.1, 0.15) is 18.3 Å². The van der Waals surface area contributed by atoms with Crippen molar-refractivity contribution in [3.63, 3.8) is 0 Å². The number of nitrogens with two attached hydrogens (primary N) is 1. The Morgan fingerprint density at radius 1 is 1.14 bits per heavy atom. The van der Waals surface area contributed by atoms with Gasteiger partial charge in [-0.1, -0.05) is 0 Å². The van der Waals surface area contributed by atoms with Gasteiger partial charge in [-0.3, -0.25) is 27.8 Å². The smallest absolute Gasteiger partial charge is 0.790 e. The monoisotopic (exact) mass is 561 g/mol. The van der Waals surface area contributed by atoms with Crippen molar-refractivity contribution in [2.45, 2.75) is 24.5 Å². The van der Waals surface area contributed by atoms with E-state index in [4.69, 9.17) is 15.2 Å². The number of aliphatic hydroxyl groups is 1. The fourth-order valence-electron chi connectivity index (χ4n) is 2.91. The van der Waals surface area contributed by atoms with Gasteiger partial charge in [-0.05, 0) is 0 Å². The van der Waals surface area contributed by atoms with Gasteiger partial charge < -0.3 is 49.0 Å². The van der Waals surface area contributed by atoms with Gasteiger partial charge in [-0.25, -0.2) is 9.29 Å². The Morgan fingerprint density at radius 2 is 1.73 bits per heavy atom. The largest absolute Gasteiger partial charge is 1.00 e. The molecule has 2 aromatic rings. The number of H-pyrrole nitrogens is 1. The van der Waals surface area contributed by atoms with Crippen molar-refractivity contribution in [3.05, 3.63) is 16.7 Å². The minimum atomic E-state index is -6.15. The summed E-state index contributed by atoms with van der Waals surface area (Å²) in [7, 11) is -16.9. The van der Waals surface area contributed by atoms with Crippen LogP contribution in [0.5, 0.6) is 0 Å². The number of rotatable bonds is 9. The molecule has 0 aromatic carbocycles. The molecule has 3 rings (SSSR count). The number of aliphatic hydroxyl groups excluding tert-OH is 1. The van der Waals surface area contributed by atoms with E-state index in [0.29, 0.717) is 0 Å². The molecule has 0 aliphatic carbocycles. The van der Waals surface area contributed by atoms with Crippen molar-refractivity contribution in [1.29, 1.82) is 0 Å². The van der Waals surface area contributed by atoms with Crippen LogP contribution in [0.3, 0.4) is 0 Å². The van der Waals surface area contributed by atoms with Crippen LogP contribution in [0.2, 0.25) is 0 Å². The third kappa shape index (κ3) is 10.3. The first-order valence-electron chi connectivity index (χ1n) is 8.42. The molecular weight excluding hydrogens is 547 g/mol. The van der Waals surface area contributed by atoms with Crippen molar-refractivity contribution in [1.82, 2.24) is 19.5 Å². The number of hydrogen-bond acceptors (Lipinski definition) is 17. The molecule has 0 amide bonds. The van der Waals surface area contributed by atoms with Crippen molar-refractivity contribution in [2.24, 2.45) is 0 Å². The zero-order chi connectivity index (χ0) is 24.8. The molecule has 6 atom stereocenters. The molecule has 0 radical (unpaired) electrons. The molecule has 3 heterocycles. The summed E-state index contributed by atoms with van der Waals surface area (Å²) >= 11 is 0. The number of hydrogen-bond donors (Lipinski definition) is 3. The Labute approximate surface area is 255 Å². The van der Waals surface area contributed by atoms with E-state index in [1.54, 1.807) is 0 Å². The Kier molecular flexibility index (Phi) is 16.4. The van der Waals surface area contributed by atoms with Gasteiger partial charge in [0.25, 0.3) is 21.2 Å². The Morgan fingerprint density at radius 3 is 2.27 bits per heavy atom. The van der Waals surface area contributed by atoms with Crippen LogP contribution in [0.4, 0.5) is 5.95 Å². The molecule has 3 unspecified atom stereocenters. The maximum Gasteiger partial charge on any atom is 1.00 e. The molecule has 0 bridgehead atoms. The number of nitrogen functional groups attached to an aromatic ring is 1. The third-order valence-corrected chi connectivity index (χ3v) is 7.77. The molecule has 0 spiro atoms. The van der Waals surface area contributed by atoms with Crippen LogP contribution in [-0.4, -0.2) is 56.7 Å². The molecule has 4 N–H and O–H groups in total. The fraction of sp³-hybridized carbons (Fsp3) is 0.545. The number of imidazole rings is 1. The number of phosphoric ester groups is 1. The standard InChI is InChI=1S/C11H18N5O14P3.4Li/c1-26-7-6(17)4(2-27-32(22,23)30-33(24,25)29-31(19,20)21)28-10(7)16-3-13-5-8(16)14-11(12)15-9(5)18;;;;/h3-4,6-7,10,17H,2H2,1H3,(H,22,23)(H,24,25)(H2,19,20,21)(H3,12,14,15,18);;;;/q;4*+1/p-4/t4-,6?,7+,10-;;;;/m1..../s1. The summed E-state index contributed by atoms with van der Waals surface area (Å²) in [5.74, 6) is -0.254. The first-order chi connectivity index (χ1) is 15.1. The predicted octanol–water partition coefficient (Wildman–Crippen LogP) is -16.2. The molecule has 37 heavy (non-hydrogen) atoms. The molecule has 26 heteroatoms. The van der Waals surface area contributed by atoms with Crippen LogP contribution in [0.25, 0.3) is 11.2 Å². The van der Waals surface area contributed by atoms with E-state index >= 15 is 0 Å². The van der Waals surface area contributed by atoms with E-state index in [2.05, 4.69) is 28.1 Å². The molecule has 19 nitrogen and oxygen atoms in total. The number of fused-ring (bicyclic) bond motifs is 1. The number of nitrogens with zero attached hydrogens (tertiary/aromatic N) is 3. The average molecular weight is 561 g/mol. The summed E-state index contributed by atoms with van der Waals surface area (Å²) in [4.78, 5) is 65.6. The summed E-state index contributed by atoms with van der Waals surface area (Å²) < 4.78 is 55.9. The first-order valence-corrected chi connectivity index (χ1v) is 12.8. The number of phosphoric acid groups is 3. The van der Waals surface area contributed by atoms with Crippen molar-refractivity contribution in [3.8, 4) is 0 Å². The second kappa shape index (κ2) is 15.2. The van der Waals surface area contributed by atoms with Crippen LogP contribution in [0, 0.1) is 0 Å². The Bertz CT molecular complexity index is 1240. The third-order valence-electron chi connectivity index (χ3n) is 4.11. The molecule has 1 fully saturated rings. The number of anilines is 1. The molecular formula is C11H14Li4N5O14P3. The van der Waals surface area contributed by atoms with Gasteiger partial charge in [0.15, 0.2) is 17.4 Å². The summed E-state index contributed by atoms with van der Waals surface area (Å²) in [6.07, 6.45) is -4.36. The Balaban J connectivity index is 0. The molecule has 0 saturated carbocycles. The predicted molar refractivity (Wildman–Crippen MR) is 94.2 cm³/mol. The molecule has 1 aliphatic rings. The van der Waals surface area contributed by atoms with Crippen LogP contribution in [0.1, 0.15) is 6.23 Å². The van der Waals surface area contributed by atoms with Crippen molar-refractivity contribution in [2.75, 3.05) is 19.5 Å². The molecule has 1 aliphatic heterocycles. The SMILES string of the molecule is CO[C@H]1C(O)[C@@H](COP(=O)([O-])OP(=O)([O-])OP(=O)([O-])[O-])O[C@H]1n1cnc2c(=O)[nH]c(N)nc21.[Li+].[Li+].[Li+].[Li+]. The zero-order valence-corrected chi connectivity index (χ0v) is 22.8. The topological polar surface area (TPSA) is 299 Å². The minimum Gasteiger partial charge on any atom is -0.790 e. The van der Waals surface area contributed by atoms with Crippen molar-refractivity contribution < 1.29 is 136 Å². The molecule has 1 saturated heterocycles. The number of aromatic nitrogens is 4. The number of nitrogens with one attached hydrogen (secondary N) is 1. The maximum atomic E-state index is 11.9. The number of methoxy groups -OCH3 is 1. The van der Waals surface area contributed by atoms with E-state index in [1.165, 1.54) is 11.7 Å². The normalized spacial score (nSPS) is 24.5. The summed E-state index contributed by atoms with van der Waals surface area (Å²) in [6.45, 7) is -1.05. The van der Waals surface area contributed by atoms with Crippen LogP contribution < -0.4 is 106 Å². The second-order valence-electron chi connectivity index (χ2n) is 6.33. The fourth-order valence-corrected chi connectivity index (χ4v) is 5.78. The van der Waals surface area contributed by atoms with Crippen LogP contribution in [-0.2, 0) is 36.3 Å². The molecule has 186 valence electrons. The van der Waals surface area contributed by atoms with Gasteiger partial charge in [0, 0.05) is 7.11 Å². The van der Waals surface area contributed by atoms with E-state index in [9.17, 15) is 43.2 Å². The van der Waals surface area contributed by atoms with E-state index in [0.717, 1.165) is 6.33 Å². The average Bonchev–Trinajstić information content (AvgIpc) is 3.17. The van der Waals surface area contributed by atoms with Crippen LogP contribution in [0.15, 0.2) is 11.1 Å². The number of aromatic amines is 1. The quantitative estimate of drug-likeness (QED) is 0.189. The van der Waals surface area contributed by atoms with E-state index < -0.39 is 60.2 Å². The first kappa shape index (κ1) is 40.0. The van der Waals surface area contributed by atoms with Gasteiger partial charge in [0.2, 0.25) is 5.95 Å². The van der Waals surface area contributed by atoms with Gasteiger partial charge in [-0.15, -0.1) is 0 Å². The van der Waals surface area contributed by atoms with Gasteiger partial charge in [0.05, 0.1) is 20.8 Å². The zero-order valence-electron chi connectivity index (χ0n) is 20.1. The van der Waals surface area contributed by atoms with Crippen molar-refractivity contribution >= 4 is 40.6 Å². The van der Waals surface area contributed by atoms with Gasteiger partial charge in [-0.2, -0.15) is 4.98 Å². The summed E-state index contributed by atoms with van der Waals surface area (Å²) in [5.41, 5.74) is 4.66. The second-order valence-corrected chi connectivity index (χ2v) is 10.6.